The molecule has 3 nitrogen and oxygen atoms in total. The Balaban J connectivity index is 2.56. The van der Waals surface area contributed by atoms with Crippen molar-refractivity contribution in [2.45, 2.75) is 44.6 Å². The van der Waals surface area contributed by atoms with E-state index in [-0.39, 0.29) is 12.7 Å². The summed E-state index contributed by atoms with van der Waals surface area (Å²) in [5.74, 6) is 1.92. The van der Waals surface area contributed by atoms with Gasteiger partial charge in [0.15, 0.2) is 0 Å². The molecule has 0 heterocycles. The Kier molecular flexibility index (Phi) is 8.04. The maximum Gasteiger partial charge on any atom is 0.119 e. The van der Waals surface area contributed by atoms with Gasteiger partial charge in [0.05, 0.1) is 6.10 Å². The quantitative estimate of drug-likeness (QED) is 0.734. The minimum Gasteiger partial charge on any atom is -0.491 e. The largest absolute Gasteiger partial charge is 0.491 e. The number of aliphatic hydroxyl groups is 1. The third-order valence-corrected chi connectivity index (χ3v) is 4.42. The summed E-state index contributed by atoms with van der Waals surface area (Å²) >= 11 is 1.89. The van der Waals surface area contributed by atoms with Crippen LogP contribution in [0.3, 0.4) is 0 Å². The highest BCUT2D eigenvalue weighted by atomic mass is 32.2. The normalized spacial score (nSPS) is 14.3. The van der Waals surface area contributed by atoms with Gasteiger partial charge in [-0.25, -0.2) is 0 Å². The van der Waals surface area contributed by atoms with Crippen molar-refractivity contribution < 1.29 is 9.84 Å². The van der Waals surface area contributed by atoms with Gasteiger partial charge in [-0.05, 0) is 45.0 Å². The van der Waals surface area contributed by atoms with Gasteiger partial charge in [-0.3, -0.25) is 0 Å². The number of nitrogens with one attached hydrogen (secondary N) is 1. The first-order valence-corrected chi connectivity index (χ1v) is 8.28. The average Bonchev–Trinajstić information content (AvgIpc) is 2.41. The molecular formula is C16H27NO2S. The number of hydrogen-bond donors (Lipinski definition) is 2. The molecule has 0 aliphatic heterocycles. The molecule has 0 saturated carbocycles. The van der Waals surface area contributed by atoms with E-state index in [1.807, 2.05) is 44.8 Å². The molecule has 0 amide bonds. The fraction of sp³-hybridized carbons (Fsp3) is 0.625. The zero-order valence-corrected chi connectivity index (χ0v) is 13.7. The second-order valence-electron chi connectivity index (χ2n) is 5.23. The van der Waals surface area contributed by atoms with E-state index < -0.39 is 0 Å². The van der Waals surface area contributed by atoms with E-state index in [9.17, 15) is 0 Å². The van der Waals surface area contributed by atoms with E-state index in [0.29, 0.717) is 11.3 Å². The lowest BCUT2D eigenvalue weighted by Crippen LogP contribution is -2.20. The van der Waals surface area contributed by atoms with E-state index in [1.54, 1.807) is 0 Å². The Morgan fingerprint density at radius 2 is 1.85 bits per heavy atom. The monoisotopic (exact) mass is 297 g/mol. The Hall–Kier alpha value is -0.710. The minimum atomic E-state index is 0.204. The lowest BCUT2D eigenvalue weighted by molar-refractivity contribution is 0.242. The summed E-state index contributed by atoms with van der Waals surface area (Å²) in [5.41, 5.74) is 1.27. The summed E-state index contributed by atoms with van der Waals surface area (Å²) in [6, 6.07) is 8.63. The molecule has 0 aliphatic rings. The van der Waals surface area contributed by atoms with E-state index >= 15 is 0 Å². The molecule has 0 radical (unpaired) electrons. The Bertz CT molecular complexity index is 367. The maximum absolute atomic E-state index is 8.94. The van der Waals surface area contributed by atoms with Crippen LogP contribution in [0.1, 0.15) is 38.8 Å². The third kappa shape index (κ3) is 6.16. The van der Waals surface area contributed by atoms with Crippen LogP contribution in [0.2, 0.25) is 0 Å². The molecule has 0 fully saturated rings. The van der Waals surface area contributed by atoms with Crippen LogP contribution in [-0.4, -0.2) is 35.9 Å². The van der Waals surface area contributed by atoms with E-state index in [1.165, 1.54) is 5.56 Å². The third-order valence-electron chi connectivity index (χ3n) is 3.09. The number of hydrogen-bond acceptors (Lipinski definition) is 4. The molecular weight excluding hydrogens is 270 g/mol. The SMILES string of the molecule is CNC(CSC(C)CCO)c1ccc(OC(C)C)cc1. The Labute approximate surface area is 127 Å². The van der Waals surface area contributed by atoms with Crippen molar-refractivity contribution in [1.29, 1.82) is 0 Å². The van der Waals surface area contributed by atoms with Crippen LogP contribution in [0.5, 0.6) is 5.75 Å². The first kappa shape index (κ1) is 17.3. The molecule has 1 aromatic rings. The second kappa shape index (κ2) is 9.27. The highest BCUT2D eigenvalue weighted by Crippen LogP contribution is 2.24. The molecule has 20 heavy (non-hydrogen) atoms. The molecule has 114 valence electrons. The van der Waals surface area contributed by atoms with Gasteiger partial charge in [0.2, 0.25) is 0 Å². The van der Waals surface area contributed by atoms with Crippen molar-refractivity contribution in [1.82, 2.24) is 5.32 Å². The molecule has 1 rings (SSSR count). The molecule has 0 saturated heterocycles. The summed E-state index contributed by atoms with van der Waals surface area (Å²) in [5, 5.41) is 12.8. The number of benzene rings is 1. The van der Waals surface area contributed by atoms with E-state index in [0.717, 1.165) is 17.9 Å². The minimum absolute atomic E-state index is 0.204. The fourth-order valence-electron chi connectivity index (χ4n) is 1.92. The molecule has 4 heteroatoms. The van der Waals surface area contributed by atoms with Crippen LogP contribution < -0.4 is 10.1 Å². The van der Waals surface area contributed by atoms with E-state index in [2.05, 4.69) is 24.4 Å². The highest BCUT2D eigenvalue weighted by molar-refractivity contribution is 7.99. The van der Waals surface area contributed by atoms with Crippen molar-refractivity contribution in [2.75, 3.05) is 19.4 Å². The van der Waals surface area contributed by atoms with Gasteiger partial charge >= 0.3 is 0 Å². The molecule has 2 atom stereocenters. The van der Waals surface area contributed by atoms with Crippen LogP contribution in [0.25, 0.3) is 0 Å². The number of thioether (sulfide) groups is 1. The Morgan fingerprint density at radius 1 is 1.20 bits per heavy atom. The van der Waals surface area contributed by atoms with Gasteiger partial charge in [-0.2, -0.15) is 11.8 Å². The van der Waals surface area contributed by atoms with Crippen molar-refractivity contribution in [2.24, 2.45) is 0 Å². The molecule has 0 bridgehead atoms. The first-order chi connectivity index (χ1) is 9.56. The van der Waals surface area contributed by atoms with Crippen LogP contribution in [0, 0.1) is 0 Å². The van der Waals surface area contributed by atoms with E-state index in [4.69, 9.17) is 9.84 Å². The maximum atomic E-state index is 8.94. The van der Waals surface area contributed by atoms with Gasteiger partial charge in [-0.15, -0.1) is 0 Å². The van der Waals surface area contributed by atoms with Crippen molar-refractivity contribution in [3.05, 3.63) is 29.8 Å². The predicted molar refractivity (Wildman–Crippen MR) is 87.6 cm³/mol. The standard InChI is InChI=1S/C16H27NO2S/c1-12(2)19-15-7-5-14(6-8-15)16(17-4)11-20-13(3)9-10-18/h5-8,12-13,16-18H,9-11H2,1-4H3. The Morgan fingerprint density at radius 3 is 2.35 bits per heavy atom. The summed E-state index contributed by atoms with van der Waals surface area (Å²) in [6.07, 6.45) is 1.05. The van der Waals surface area contributed by atoms with Gasteiger partial charge in [-0.1, -0.05) is 19.1 Å². The lowest BCUT2D eigenvalue weighted by Gasteiger charge is -2.19. The topological polar surface area (TPSA) is 41.5 Å². The number of ether oxygens (including phenoxy) is 1. The van der Waals surface area contributed by atoms with Gasteiger partial charge in [0.25, 0.3) is 0 Å². The molecule has 0 spiro atoms. The first-order valence-electron chi connectivity index (χ1n) is 7.23. The average molecular weight is 297 g/mol. The lowest BCUT2D eigenvalue weighted by atomic mass is 10.1. The van der Waals surface area contributed by atoms with Crippen molar-refractivity contribution in [3.63, 3.8) is 0 Å². The number of aliphatic hydroxyl groups excluding tert-OH is 1. The smallest absolute Gasteiger partial charge is 0.119 e. The van der Waals surface area contributed by atoms with Crippen LogP contribution in [-0.2, 0) is 0 Å². The summed E-state index contributed by atoms with van der Waals surface area (Å²) in [7, 11) is 1.99. The summed E-state index contributed by atoms with van der Waals surface area (Å²) in [4.78, 5) is 0. The highest BCUT2D eigenvalue weighted by Gasteiger charge is 2.12. The van der Waals surface area contributed by atoms with Crippen molar-refractivity contribution >= 4 is 11.8 Å². The number of rotatable bonds is 9. The second-order valence-corrected chi connectivity index (χ2v) is 6.70. The van der Waals surface area contributed by atoms with Crippen molar-refractivity contribution in [3.8, 4) is 5.75 Å². The summed E-state index contributed by atoms with van der Waals surface area (Å²) in [6.45, 7) is 6.49. The molecule has 2 unspecified atom stereocenters. The molecule has 0 aromatic heterocycles. The van der Waals surface area contributed by atoms with Gasteiger partial charge < -0.3 is 15.2 Å². The zero-order valence-electron chi connectivity index (χ0n) is 12.9. The van der Waals surface area contributed by atoms with Gasteiger partial charge in [0, 0.05) is 23.7 Å². The van der Waals surface area contributed by atoms with Crippen LogP contribution >= 0.6 is 11.8 Å². The fourth-order valence-corrected chi connectivity index (χ4v) is 3.07. The van der Waals surface area contributed by atoms with Crippen LogP contribution in [0.4, 0.5) is 0 Å². The molecule has 2 N–H and O–H groups in total. The van der Waals surface area contributed by atoms with Gasteiger partial charge in [0.1, 0.15) is 5.75 Å². The van der Waals surface area contributed by atoms with Crippen LogP contribution in [0.15, 0.2) is 24.3 Å². The molecule has 1 aromatic carbocycles. The summed E-state index contributed by atoms with van der Waals surface area (Å²) < 4.78 is 5.66. The zero-order chi connectivity index (χ0) is 15.0. The molecule has 0 aliphatic carbocycles. The predicted octanol–water partition coefficient (Wildman–Crippen LogP) is 3.24.